The lowest BCUT2D eigenvalue weighted by Crippen LogP contribution is -2.24. The van der Waals surface area contributed by atoms with Gasteiger partial charge >= 0.3 is 0 Å². The maximum absolute atomic E-state index is 14.5. The Kier molecular flexibility index (Phi) is 5.46. The van der Waals surface area contributed by atoms with Crippen LogP contribution in [0.1, 0.15) is 5.56 Å². The van der Waals surface area contributed by atoms with Gasteiger partial charge in [-0.2, -0.15) is 5.26 Å². The van der Waals surface area contributed by atoms with Crippen LogP contribution in [0.5, 0.6) is 11.5 Å². The van der Waals surface area contributed by atoms with Gasteiger partial charge in [0.2, 0.25) is 0 Å². The van der Waals surface area contributed by atoms with Gasteiger partial charge in [-0.25, -0.2) is 13.6 Å². The fraction of sp³-hybridized carbons (Fsp3) is 0.0625. The summed E-state index contributed by atoms with van der Waals surface area (Å²) in [4.78, 5) is 21.2. The molecule has 3 rings (SSSR count). The molecule has 0 radical (unpaired) electrons. The number of aromatic nitrogens is 2. The van der Waals surface area contributed by atoms with Crippen LogP contribution in [0.25, 0.3) is 10.9 Å². The lowest BCUT2D eigenvalue weighted by Gasteiger charge is -2.13. The van der Waals surface area contributed by atoms with Crippen molar-refractivity contribution in [2.45, 2.75) is 0 Å². The number of benzene rings is 2. The molecule has 0 fully saturated rings. The third kappa shape index (κ3) is 3.61. The zero-order valence-electron chi connectivity index (χ0n) is 14.0. The van der Waals surface area contributed by atoms with Crippen LogP contribution in [0.4, 0.5) is 10.1 Å². The summed E-state index contributed by atoms with van der Waals surface area (Å²) in [6.45, 7) is 0. The minimum absolute atomic E-state index is 0.00832. The fourth-order valence-corrected chi connectivity index (χ4v) is 2.92. The summed E-state index contributed by atoms with van der Waals surface area (Å²) in [5, 5.41) is 9.03. The Hall–Kier alpha value is -3.20. The molecule has 1 atom stereocenters. The minimum Gasteiger partial charge on any atom is -0.453 e. The molecule has 0 saturated carbocycles. The van der Waals surface area contributed by atoms with Crippen molar-refractivity contribution in [1.82, 2.24) is 9.71 Å². The number of fused-ring (bicyclic) bond motifs is 1. The Morgan fingerprint density at radius 1 is 1.43 bits per heavy atom. The molecule has 0 aliphatic heterocycles. The van der Waals surface area contributed by atoms with E-state index in [2.05, 4.69) is 9.71 Å². The van der Waals surface area contributed by atoms with Gasteiger partial charge in [0, 0.05) is 0 Å². The number of nitrogens with one attached hydrogen (secondary N) is 1. The van der Waals surface area contributed by atoms with Crippen molar-refractivity contribution in [1.29, 1.82) is 5.26 Å². The first kappa shape index (κ1) is 19.6. The molecule has 0 aliphatic rings. The number of ether oxygens (including phenoxy) is 1. The maximum atomic E-state index is 14.5. The van der Waals surface area contributed by atoms with Gasteiger partial charge < -0.3 is 9.57 Å². The van der Waals surface area contributed by atoms with Crippen molar-refractivity contribution in [2.24, 2.45) is 0 Å². The molecule has 28 heavy (non-hydrogen) atoms. The molecule has 144 valence electrons. The highest BCUT2D eigenvalue weighted by Crippen LogP contribution is 2.37. The highest BCUT2D eigenvalue weighted by atomic mass is 35.5. The average Bonchev–Trinajstić information content (AvgIpc) is 2.66. The van der Waals surface area contributed by atoms with E-state index in [0.29, 0.717) is 5.52 Å². The number of rotatable bonds is 5. The molecule has 3 aromatic rings. The van der Waals surface area contributed by atoms with Crippen LogP contribution in [-0.2, 0) is 11.3 Å². The smallest absolute Gasteiger partial charge is 0.294 e. The molecule has 9 nitrogen and oxygen atoms in total. The molecule has 1 aromatic heterocycles. The lowest BCUT2D eigenvalue weighted by atomic mass is 10.1. The number of nitrogens with zero attached hydrogens (tertiary/aromatic N) is 3. The maximum Gasteiger partial charge on any atom is 0.294 e. The zero-order chi connectivity index (χ0) is 20.4. The van der Waals surface area contributed by atoms with Gasteiger partial charge in [0.1, 0.15) is 30.8 Å². The van der Waals surface area contributed by atoms with E-state index in [-0.39, 0.29) is 22.4 Å². The summed E-state index contributed by atoms with van der Waals surface area (Å²) in [5.74, 6) is -1.61. The van der Waals surface area contributed by atoms with E-state index < -0.39 is 33.4 Å². The Morgan fingerprint density at radius 3 is 2.82 bits per heavy atom. The monoisotopic (exact) mass is 424 g/mol. The van der Waals surface area contributed by atoms with Crippen LogP contribution in [0.15, 0.2) is 35.4 Å². The number of hydrogen-bond donors (Lipinski definition) is 2. The van der Waals surface area contributed by atoms with Gasteiger partial charge in [-0.05, 0) is 24.3 Å². The van der Waals surface area contributed by atoms with E-state index in [9.17, 15) is 18.7 Å². The van der Waals surface area contributed by atoms with E-state index in [1.54, 1.807) is 6.07 Å². The van der Waals surface area contributed by atoms with Crippen LogP contribution in [0.2, 0.25) is 5.02 Å². The quantitative estimate of drug-likeness (QED) is 0.602. The highest BCUT2D eigenvalue weighted by Gasteiger charge is 2.21. The zero-order valence-corrected chi connectivity index (χ0v) is 15.5. The number of anilines is 1. The van der Waals surface area contributed by atoms with Crippen molar-refractivity contribution in [2.75, 3.05) is 11.8 Å². The topological polar surface area (TPSA) is 126 Å². The largest absolute Gasteiger partial charge is 0.453 e. The van der Waals surface area contributed by atoms with Gasteiger partial charge in [-0.3, -0.25) is 14.1 Å². The van der Waals surface area contributed by atoms with Gasteiger partial charge in [0.25, 0.3) is 16.8 Å². The van der Waals surface area contributed by atoms with Crippen LogP contribution in [0, 0.1) is 17.1 Å². The molecular weight excluding hydrogens is 415 g/mol. The Morgan fingerprint density at radius 2 is 2.18 bits per heavy atom. The van der Waals surface area contributed by atoms with Crippen LogP contribution < -0.4 is 19.9 Å². The summed E-state index contributed by atoms with van der Waals surface area (Å²) in [6.07, 6.45) is 1.20. The van der Waals surface area contributed by atoms with Crippen molar-refractivity contribution < 1.29 is 22.7 Å². The second-order valence-electron chi connectivity index (χ2n) is 5.23. The summed E-state index contributed by atoms with van der Waals surface area (Å²) >= 11 is 3.27. The Bertz CT molecular complexity index is 1210. The molecule has 12 heteroatoms. The van der Waals surface area contributed by atoms with Gasteiger partial charge in [0.05, 0.1) is 21.6 Å². The van der Waals surface area contributed by atoms with Gasteiger partial charge in [0.15, 0.2) is 11.6 Å². The molecule has 0 aliphatic carbocycles. The van der Waals surface area contributed by atoms with Crippen LogP contribution >= 0.6 is 11.6 Å². The predicted molar refractivity (Wildman–Crippen MR) is 99.1 cm³/mol. The van der Waals surface area contributed by atoms with Gasteiger partial charge in [-0.1, -0.05) is 11.6 Å². The molecule has 1 heterocycles. The number of nitriles is 1. The Labute approximate surface area is 164 Å². The second-order valence-corrected chi connectivity index (χ2v) is 6.34. The molecule has 0 saturated heterocycles. The fourth-order valence-electron chi connectivity index (χ4n) is 2.38. The molecule has 0 spiro atoms. The SMILES string of the molecule is COn1cnc2ccc(Oc3c(F)c(Cl)cc(NS(=O)O)c3C#N)cc2c1=O. The minimum atomic E-state index is -2.53. The standard InChI is InChI=1S/C16H10ClFN4O5S/c1-26-22-7-20-12-3-2-8(4-9(12)16(22)23)27-15-10(6-19)13(21-28(24)25)5-11(17)14(15)18/h2-5,7,21H,1H3,(H,24,25). The molecule has 0 amide bonds. The highest BCUT2D eigenvalue weighted by molar-refractivity contribution is 7.80. The van der Waals surface area contributed by atoms with Crippen molar-refractivity contribution in [3.8, 4) is 17.6 Å². The summed E-state index contributed by atoms with van der Waals surface area (Å²) in [5.41, 5.74) is -0.766. The first-order valence-electron chi connectivity index (χ1n) is 7.39. The molecule has 2 N–H and O–H groups in total. The van der Waals surface area contributed by atoms with Crippen LogP contribution in [0.3, 0.4) is 0 Å². The number of halogens is 2. The van der Waals surface area contributed by atoms with E-state index >= 15 is 0 Å². The van der Waals surface area contributed by atoms with E-state index in [1.165, 1.54) is 31.6 Å². The van der Waals surface area contributed by atoms with Crippen molar-refractivity contribution in [3.05, 3.63) is 57.3 Å². The summed E-state index contributed by atoms with van der Waals surface area (Å²) in [7, 11) is 1.29. The molecule has 2 aromatic carbocycles. The summed E-state index contributed by atoms with van der Waals surface area (Å²) in [6, 6.07) is 6.84. The van der Waals surface area contributed by atoms with E-state index in [4.69, 9.17) is 25.7 Å². The molecule has 1 unspecified atom stereocenters. The van der Waals surface area contributed by atoms with Gasteiger partial charge in [-0.15, -0.1) is 4.73 Å². The van der Waals surface area contributed by atoms with Crippen LogP contribution in [-0.4, -0.2) is 25.6 Å². The molecule has 0 bridgehead atoms. The number of hydrogen-bond acceptors (Lipinski definition) is 6. The Balaban J connectivity index is 2.14. The second kappa shape index (κ2) is 7.81. The first-order valence-corrected chi connectivity index (χ1v) is 8.87. The predicted octanol–water partition coefficient (Wildman–Crippen LogP) is 2.46. The lowest BCUT2D eigenvalue weighted by molar-refractivity contribution is 0.155. The van der Waals surface area contributed by atoms with E-state index in [0.717, 1.165) is 10.8 Å². The average molecular weight is 425 g/mol. The third-order valence-electron chi connectivity index (χ3n) is 3.60. The summed E-state index contributed by atoms with van der Waals surface area (Å²) < 4.78 is 42.9. The normalized spacial score (nSPS) is 11.7. The first-order chi connectivity index (χ1) is 13.3. The third-order valence-corrected chi connectivity index (χ3v) is 4.27. The van der Waals surface area contributed by atoms with Crippen molar-refractivity contribution in [3.63, 3.8) is 0 Å². The van der Waals surface area contributed by atoms with E-state index in [1.807, 2.05) is 0 Å². The molecular formula is C16H10ClFN4O5S. The van der Waals surface area contributed by atoms with Crippen molar-refractivity contribution >= 4 is 39.5 Å².